The summed E-state index contributed by atoms with van der Waals surface area (Å²) in [7, 11) is 0. The number of nitrogens with two attached hydrogens (primary N) is 1. The summed E-state index contributed by atoms with van der Waals surface area (Å²) >= 11 is 6.01. The van der Waals surface area contributed by atoms with Crippen LogP contribution in [0.15, 0.2) is 30.5 Å². The van der Waals surface area contributed by atoms with E-state index in [2.05, 4.69) is 10.3 Å². The molecular formula is C15H16ClN3O2. The van der Waals surface area contributed by atoms with Crippen LogP contribution >= 0.6 is 11.6 Å². The van der Waals surface area contributed by atoms with Crippen molar-refractivity contribution in [2.24, 2.45) is 0 Å². The molecule has 0 atom stereocenters. The zero-order valence-corrected chi connectivity index (χ0v) is 12.6. The first-order valence-electron chi connectivity index (χ1n) is 6.48. The SMILES string of the molecule is CCOc1cccc(N)c1C(=O)Nc1c(C)ccnc1Cl. The second-order valence-corrected chi connectivity index (χ2v) is 4.76. The summed E-state index contributed by atoms with van der Waals surface area (Å²) in [4.78, 5) is 16.4. The van der Waals surface area contributed by atoms with Gasteiger partial charge >= 0.3 is 0 Å². The third kappa shape index (κ3) is 3.25. The number of nitrogens with one attached hydrogen (secondary N) is 1. The number of ether oxygens (including phenoxy) is 1. The van der Waals surface area contributed by atoms with Crippen LogP contribution in [0.2, 0.25) is 5.15 Å². The molecule has 0 saturated heterocycles. The van der Waals surface area contributed by atoms with Gasteiger partial charge in [-0.1, -0.05) is 17.7 Å². The third-order valence-electron chi connectivity index (χ3n) is 2.94. The van der Waals surface area contributed by atoms with E-state index in [0.717, 1.165) is 5.56 Å². The fourth-order valence-electron chi connectivity index (χ4n) is 1.92. The minimum atomic E-state index is -0.380. The van der Waals surface area contributed by atoms with Crippen molar-refractivity contribution in [1.82, 2.24) is 4.98 Å². The van der Waals surface area contributed by atoms with Gasteiger partial charge < -0.3 is 15.8 Å². The highest BCUT2D eigenvalue weighted by molar-refractivity contribution is 6.33. The summed E-state index contributed by atoms with van der Waals surface area (Å²) in [5, 5.41) is 2.97. The molecule has 0 fully saturated rings. The molecule has 2 rings (SSSR count). The summed E-state index contributed by atoms with van der Waals surface area (Å²) < 4.78 is 5.45. The number of aromatic nitrogens is 1. The molecule has 0 unspecified atom stereocenters. The largest absolute Gasteiger partial charge is 0.493 e. The number of carbonyl (C=O) groups excluding carboxylic acids is 1. The predicted octanol–water partition coefficient (Wildman–Crippen LogP) is 3.28. The number of nitrogens with zero attached hydrogens (tertiary/aromatic N) is 1. The highest BCUT2D eigenvalue weighted by Gasteiger charge is 2.18. The smallest absolute Gasteiger partial charge is 0.261 e. The van der Waals surface area contributed by atoms with E-state index in [0.29, 0.717) is 29.3 Å². The number of halogens is 1. The van der Waals surface area contributed by atoms with Crippen LogP contribution in [0.25, 0.3) is 0 Å². The molecule has 1 amide bonds. The Morgan fingerprint density at radius 3 is 2.86 bits per heavy atom. The van der Waals surface area contributed by atoms with Crippen LogP contribution in [0.3, 0.4) is 0 Å². The lowest BCUT2D eigenvalue weighted by molar-refractivity contribution is 0.102. The lowest BCUT2D eigenvalue weighted by Gasteiger charge is -2.14. The molecule has 0 bridgehead atoms. The number of pyridine rings is 1. The Balaban J connectivity index is 2.37. The first-order chi connectivity index (χ1) is 10.0. The quantitative estimate of drug-likeness (QED) is 0.671. The maximum Gasteiger partial charge on any atom is 0.261 e. The van der Waals surface area contributed by atoms with Gasteiger partial charge in [-0.25, -0.2) is 4.98 Å². The number of anilines is 2. The van der Waals surface area contributed by atoms with E-state index in [1.54, 1.807) is 30.5 Å². The van der Waals surface area contributed by atoms with Crippen LogP contribution in [0.1, 0.15) is 22.8 Å². The number of aryl methyl sites for hydroxylation is 1. The van der Waals surface area contributed by atoms with Crippen LogP contribution in [0.5, 0.6) is 5.75 Å². The van der Waals surface area contributed by atoms with E-state index in [1.807, 2.05) is 13.8 Å². The molecule has 1 aromatic carbocycles. The van der Waals surface area contributed by atoms with E-state index in [9.17, 15) is 4.79 Å². The van der Waals surface area contributed by atoms with E-state index < -0.39 is 0 Å². The van der Waals surface area contributed by atoms with E-state index in [1.165, 1.54) is 0 Å². The first-order valence-corrected chi connectivity index (χ1v) is 6.86. The van der Waals surface area contributed by atoms with Crippen molar-refractivity contribution in [3.8, 4) is 5.75 Å². The second kappa shape index (κ2) is 6.45. The predicted molar refractivity (Wildman–Crippen MR) is 84.0 cm³/mol. The number of hydrogen-bond donors (Lipinski definition) is 2. The van der Waals surface area contributed by atoms with Crippen molar-refractivity contribution in [3.05, 3.63) is 46.7 Å². The molecule has 21 heavy (non-hydrogen) atoms. The average molecular weight is 306 g/mol. The van der Waals surface area contributed by atoms with Gasteiger partial charge in [0.05, 0.1) is 12.3 Å². The van der Waals surface area contributed by atoms with Crippen LogP contribution in [-0.4, -0.2) is 17.5 Å². The van der Waals surface area contributed by atoms with Gasteiger partial charge in [0.15, 0.2) is 5.15 Å². The van der Waals surface area contributed by atoms with Crippen LogP contribution in [-0.2, 0) is 0 Å². The van der Waals surface area contributed by atoms with Gasteiger partial charge in [0.1, 0.15) is 11.3 Å². The monoisotopic (exact) mass is 305 g/mol. The maximum atomic E-state index is 12.5. The third-order valence-corrected chi connectivity index (χ3v) is 3.22. The molecule has 1 heterocycles. The van der Waals surface area contributed by atoms with Gasteiger partial charge in [0.25, 0.3) is 5.91 Å². The number of rotatable bonds is 4. The molecule has 6 heteroatoms. The molecule has 5 nitrogen and oxygen atoms in total. The van der Waals surface area contributed by atoms with E-state index >= 15 is 0 Å². The van der Waals surface area contributed by atoms with E-state index in [-0.39, 0.29) is 11.1 Å². The lowest BCUT2D eigenvalue weighted by Crippen LogP contribution is -2.17. The summed E-state index contributed by atoms with van der Waals surface area (Å²) in [6, 6.07) is 6.85. The van der Waals surface area contributed by atoms with Gasteiger partial charge in [-0.2, -0.15) is 0 Å². The molecule has 0 aliphatic rings. The Morgan fingerprint density at radius 2 is 2.19 bits per heavy atom. The van der Waals surface area contributed by atoms with E-state index in [4.69, 9.17) is 22.1 Å². The number of amides is 1. The summed E-state index contributed by atoms with van der Waals surface area (Å²) in [6.45, 7) is 4.12. The average Bonchev–Trinajstić information content (AvgIpc) is 2.43. The highest BCUT2D eigenvalue weighted by atomic mass is 35.5. The van der Waals surface area contributed by atoms with Gasteiger partial charge in [0, 0.05) is 11.9 Å². The summed E-state index contributed by atoms with van der Waals surface area (Å²) in [6.07, 6.45) is 1.58. The molecule has 1 aromatic heterocycles. The number of carbonyl (C=O) groups is 1. The topological polar surface area (TPSA) is 77.2 Å². The lowest BCUT2D eigenvalue weighted by atomic mass is 10.1. The Labute approximate surface area is 128 Å². The minimum Gasteiger partial charge on any atom is -0.493 e. The Bertz CT molecular complexity index is 654. The van der Waals surface area contributed by atoms with Gasteiger partial charge in [-0.15, -0.1) is 0 Å². The minimum absolute atomic E-state index is 0.232. The van der Waals surface area contributed by atoms with Crippen molar-refractivity contribution >= 4 is 28.9 Å². The van der Waals surface area contributed by atoms with Crippen molar-refractivity contribution < 1.29 is 9.53 Å². The molecule has 3 N–H and O–H groups in total. The zero-order valence-electron chi connectivity index (χ0n) is 11.8. The maximum absolute atomic E-state index is 12.5. The number of nitrogen functional groups attached to an aromatic ring is 1. The fourth-order valence-corrected chi connectivity index (χ4v) is 2.17. The highest BCUT2D eigenvalue weighted by Crippen LogP contribution is 2.28. The Kier molecular flexibility index (Phi) is 4.65. The van der Waals surface area contributed by atoms with Crippen molar-refractivity contribution in [2.45, 2.75) is 13.8 Å². The van der Waals surface area contributed by atoms with Gasteiger partial charge in [-0.05, 0) is 37.6 Å². The molecule has 110 valence electrons. The number of hydrogen-bond acceptors (Lipinski definition) is 4. The molecule has 0 radical (unpaired) electrons. The van der Waals surface area contributed by atoms with Crippen molar-refractivity contribution in [2.75, 3.05) is 17.7 Å². The van der Waals surface area contributed by atoms with Crippen LogP contribution in [0, 0.1) is 6.92 Å². The Hall–Kier alpha value is -2.27. The molecule has 0 aliphatic carbocycles. The van der Waals surface area contributed by atoms with Gasteiger partial charge in [-0.3, -0.25) is 4.79 Å². The van der Waals surface area contributed by atoms with Crippen LogP contribution in [0.4, 0.5) is 11.4 Å². The second-order valence-electron chi connectivity index (χ2n) is 4.40. The molecular weight excluding hydrogens is 290 g/mol. The van der Waals surface area contributed by atoms with Gasteiger partial charge in [0.2, 0.25) is 0 Å². The normalized spacial score (nSPS) is 10.2. The molecule has 0 saturated carbocycles. The van der Waals surface area contributed by atoms with Crippen molar-refractivity contribution in [1.29, 1.82) is 0 Å². The van der Waals surface area contributed by atoms with Crippen molar-refractivity contribution in [3.63, 3.8) is 0 Å². The molecule has 0 spiro atoms. The van der Waals surface area contributed by atoms with Crippen LogP contribution < -0.4 is 15.8 Å². The molecule has 2 aromatic rings. The molecule has 0 aliphatic heterocycles. The zero-order chi connectivity index (χ0) is 15.4. The summed E-state index contributed by atoms with van der Waals surface area (Å²) in [5.41, 5.74) is 7.81. The Morgan fingerprint density at radius 1 is 1.43 bits per heavy atom. The fraction of sp³-hybridized carbons (Fsp3) is 0.200. The first kappa shape index (κ1) is 15.1. The standard InChI is InChI=1S/C15H16ClN3O2/c1-3-21-11-6-4-5-10(17)12(11)15(20)19-13-9(2)7-8-18-14(13)16/h4-8H,3,17H2,1-2H3,(H,19,20). The summed E-state index contributed by atoms with van der Waals surface area (Å²) in [5.74, 6) is 0.0576. The number of benzene rings is 1.